The third kappa shape index (κ3) is 11.2. The topological polar surface area (TPSA) is 58.0 Å². The average molecular weight is 563 g/mol. The number of aliphatic imine (C=N–C) groups is 2. The first-order valence-electron chi connectivity index (χ1n) is 11.8. The Bertz CT molecular complexity index is 1300. The minimum Gasteiger partial charge on any atom is -0.351 e. The van der Waals surface area contributed by atoms with Crippen LogP contribution in [0.25, 0.3) is 5.70 Å². The Morgan fingerprint density at radius 1 is 0.750 bits per heavy atom. The Morgan fingerprint density at radius 2 is 1.27 bits per heavy atom. The monoisotopic (exact) mass is 562 g/mol. The molecule has 0 spiro atoms. The van der Waals surface area contributed by atoms with Crippen LogP contribution in [0.15, 0.2) is 119 Å². The van der Waals surface area contributed by atoms with Crippen LogP contribution in [-0.4, -0.2) is 37.9 Å². The Kier molecular flexibility index (Phi) is 12.2. The molecule has 0 fully saturated rings. The first-order valence-corrected chi connectivity index (χ1v) is 11.8. The number of alkyl halides is 6. The lowest BCUT2D eigenvalue weighted by Crippen LogP contribution is -2.26. The lowest BCUT2D eigenvalue weighted by Gasteiger charge is -2.15. The molecule has 0 aliphatic heterocycles. The Morgan fingerprint density at radius 3 is 1.75 bits per heavy atom. The van der Waals surface area contributed by atoms with Crippen LogP contribution in [0, 0.1) is 0 Å². The molecule has 5 nitrogen and oxygen atoms in total. The van der Waals surface area contributed by atoms with E-state index in [-0.39, 0.29) is 11.8 Å². The summed E-state index contributed by atoms with van der Waals surface area (Å²) in [4.78, 5) is 12.4. The minimum atomic E-state index is -4.96. The number of hydroxylamine groups is 1. The smallest absolute Gasteiger partial charge is 0.351 e. The van der Waals surface area contributed by atoms with Crippen molar-refractivity contribution in [1.82, 2.24) is 5.48 Å². The molecule has 0 amide bonds. The fraction of sp³-hybridized carbons (Fsp3) is 0.172. The van der Waals surface area contributed by atoms with Gasteiger partial charge in [0, 0.05) is 18.4 Å². The summed E-state index contributed by atoms with van der Waals surface area (Å²) in [6.45, 7) is 1.97. The summed E-state index contributed by atoms with van der Waals surface area (Å²) in [5, 5.41) is 1.91. The maximum Gasteiger partial charge on any atom is 0.432 e. The molecular formula is C29H28F6N4O. The van der Waals surface area contributed by atoms with Gasteiger partial charge in [0.25, 0.3) is 0 Å². The molecular weight excluding hydrogens is 534 g/mol. The molecule has 0 saturated carbocycles. The SMILES string of the molecule is CN=C(C=C(Nc1ccccc1)C(F)(F)F)C(F)(F)F.CONC(=CC(C)=Nc1ccccc1)c1ccccc1. The van der Waals surface area contributed by atoms with E-state index in [0.717, 1.165) is 29.7 Å². The molecule has 0 aliphatic carbocycles. The van der Waals surface area contributed by atoms with E-state index in [1.54, 1.807) is 13.2 Å². The first-order chi connectivity index (χ1) is 18.9. The molecule has 40 heavy (non-hydrogen) atoms. The van der Waals surface area contributed by atoms with Gasteiger partial charge in [-0.05, 0) is 48.9 Å². The van der Waals surface area contributed by atoms with Crippen LogP contribution in [0.2, 0.25) is 0 Å². The average Bonchev–Trinajstić information content (AvgIpc) is 2.91. The van der Waals surface area contributed by atoms with Gasteiger partial charge in [-0.2, -0.15) is 26.3 Å². The lowest BCUT2D eigenvalue weighted by molar-refractivity contribution is -0.0904. The Balaban J connectivity index is 0.000000280. The zero-order valence-corrected chi connectivity index (χ0v) is 21.9. The summed E-state index contributed by atoms with van der Waals surface area (Å²) in [7, 11) is 2.37. The third-order valence-corrected chi connectivity index (χ3v) is 4.88. The molecule has 3 aromatic carbocycles. The molecule has 3 aromatic rings. The molecule has 3 rings (SSSR count). The van der Waals surface area contributed by atoms with Gasteiger partial charge >= 0.3 is 12.4 Å². The van der Waals surface area contributed by atoms with Crippen molar-refractivity contribution in [3.8, 4) is 0 Å². The number of halogens is 6. The highest BCUT2D eigenvalue weighted by Crippen LogP contribution is 2.29. The van der Waals surface area contributed by atoms with Crippen LogP contribution in [0.4, 0.5) is 37.7 Å². The van der Waals surface area contributed by atoms with Crippen molar-refractivity contribution < 1.29 is 31.2 Å². The number of hydrogen-bond acceptors (Lipinski definition) is 5. The quantitative estimate of drug-likeness (QED) is 0.166. The molecule has 0 aromatic heterocycles. The normalized spacial score (nSPS) is 13.3. The second-order valence-electron chi connectivity index (χ2n) is 7.97. The van der Waals surface area contributed by atoms with Crippen LogP contribution < -0.4 is 10.8 Å². The number of rotatable bonds is 8. The van der Waals surface area contributed by atoms with Crippen LogP contribution in [-0.2, 0) is 4.84 Å². The van der Waals surface area contributed by atoms with E-state index in [2.05, 4.69) is 15.5 Å². The number of benzene rings is 3. The summed E-state index contributed by atoms with van der Waals surface area (Å²) in [6.07, 6.45) is -8.01. The predicted octanol–water partition coefficient (Wildman–Crippen LogP) is 8.15. The van der Waals surface area contributed by atoms with Crippen LogP contribution >= 0.6 is 0 Å². The van der Waals surface area contributed by atoms with E-state index < -0.39 is 23.8 Å². The first kappa shape index (κ1) is 31.8. The minimum absolute atomic E-state index is 0.0219. The van der Waals surface area contributed by atoms with Crippen molar-refractivity contribution >= 4 is 28.5 Å². The summed E-state index contributed by atoms with van der Waals surface area (Å²) in [5.41, 5.74) is 3.53. The van der Waals surface area contributed by atoms with Gasteiger partial charge in [-0.3, -0.25) is 20.3 Å². The van der Waals surface area contributed by atoms with Gasteiger partial charge in [-0.25, -0.2) is 0 Å². The van der Waals surface area contributed by atoms with E-state index in [9.17, 15) is 26.3 Å². The maximum atomic E-state index is 12.7. The Hall–Kier alpha value is -4.38. The van der Waals surface area contributed by atoms with Crippen molar-refractivity contribution in [2.24, 2.45) is 9.98 Å². The van der Waals surface area contributed by atoms with E-state index in [0.29, 0.717) is 0 Å². The lowest BCUT2D eigenvalue weighted by atomic mass is 10.1. The van der Waals surface area contributed by atoms with E-state index in [4.69, 9.17) is 4.84 Å². The fourth-order valence-electron chi connectivity index (χ4n) is 3.12. The van der Waals surface area contributed by atoms with Crippen molar-refractivity contribution in [3.63, 3.8) is 0 Å². The second kappa shape index (κ2) is 15.3. The van der Waals surface area contributed by atoms with Crippen LogP contribution in [0.5, 0.6) is 0 Å². The largest absolute Gasteiger partial charge is 0.432 e. The number of nitrogens with one attached hydrogen (secondary N) is 2. The van der Waals surface area contributed by atoms with Crippen molar-refractivity contribution in [3.05, 3.63) is 114 Å². The molecule has 0 saturated heterocycles. The van der Waals surface area contributed by atoms with E-state index in [1.165, 1.54) is 24.3 Å². The molecule has 0 radical (unpaired) electrons. The molecule has 0 aliphatic rings. The number of allylic oxidation sites excluding steroid dienone is 3. The highest BCUT2D eigenvalue weighted by molar-refractivity contribution is 6.00. The van der Waals surface area contributed by atoms with E-state index in [1.807, 2.05) is 79.0 Å². The molecule has 0 bridgehead atoms. The van der Waals surface area contributed by atoms with Gasteiger partial charge in [0.15, 0.2) is 0 Å². The zero-order valence-electron chi connectivity index (χ0n) is 21.9. The van der Waals surface area contributed by atoms with Gasteiger partial charge in [-0.1, -0.05) is 66.7 Å². The Labute approximate surface area is 228 Å². The van der Waals surface area contributed by atoms with Crippen molar-refractivity contribution in [1.29, 1.82) is 0 Å². The number of anilines is 1. The fourth-order valence-corrected chi connectivity index (χ4v) is 3.12. The predicted molar refractivity (Wildman–Crippen MR) is 147 cm³/mol. The number of nitrogens with zero attached hydrogens (tertiary/aromatic N) is 2. The second-order valence-corrected chi connectivity index (χ2v) is 7.97. The van der Waals surface area contributed by atoms with Crippen LogP contribution in [0.3, 0.4) is 0 Å². The van der Waals surface area contributed by atoms with Crippen LogP contribution in [0.1, 0.15) is 12.5 Å². The van der Waals surface area contributed by atoms with Gasteiger partial charge in [0.1, 0.15) is 11.4 Å². The van der Waals surface area contributed by atoms with Gasteiger partial charge in [0.05, 0.1) is 18.5 Å². The van der Waals surface area contributed by atoms with E-state index >= 15 is 0 Å². The van der Waals surface area contributed by atoms with Gasteiger partial charge < -0.3 is 5.32 Å². The summed E-state index contributed by atoms with van der Waals surface area (Å²) in [5.74, 6) is 0. The van der Waals surface area contributed by atoms with Crippen molar-refractivity contribution in [2.75, 3.05) is 19.5 Å². The highest BCUT2D eigenvalue weighted by atomic mass is 19.4. The zero-order chi connectivity index (χ0) is 29.6. The van der Waals surface area contributed by atoms with Crippen molar-refractivity contribution in [2.45, 2.75) is 19.3 Å². The summed E-state index contributed by atoms with van der Waals surface area (Å²) >= 11 is 0. The third-order valence-electron chi connectivity index (χ3n) is 4.88. The highest BCUT2D eigenvalue weighted by Gasteiger charge is 2.39. The molecule has 2 N–H and O–H groups in total. The summed E-state index contributed by atoms with van der Waals surface area (Å²) < 4.78 is 75.5. The number of hydrogen-bond donors (Lipinski definition) is 2. The molecule has 0 atom stereocenters. The molecule has 212 valence electrons. The number of para-hydroxylation sites is 2. The maximum absolute atomic E-state index is 12.7. The summed E-state index contributed by atoms with van der Waals surface area (Å²) in [6, 6.07) is 27.0. The van der Waals surface area contributed by atoms with Gasteiger partial charge in [-0.15, -0.1) is 0 Å². The molecule has 0 unspecified atom stereocenters. The molecule has 0 heterocycles. The standard InChI is InChI=1S/C17H18N2O.C12H10F6N2/c1-14(18-16-11-7-4-8-12-16)13-17(19-20-2)15-9-5-3-6-10-15;1-19-9(11(13,14)15)7-10(12(16,17)18)20-8-5-3-2-4-6-8/h3-13,19H,1-2H3;2-7,20H,1H3. The molecule has 11 heteroatoms. The van der Waals surface area contributed by atoms with Gasteiger partial charge in [0.2, 0.25) is 0 Å².